The van der Waals surface area contributed by atoms with Crippen molar-refractivity contribution in [3.8, 4) is 0 Å². The lowest BCUT2D eigenvalue weighted by molar-refractivity contribution is -0.144. The molecule has 18 nitrogen and oxygen atoms in total. The number of benzene rings is 2. The van der Waals surface area contributed by atoms with E-state index in [1.54, 1.807) is 51.0 Å². The zero-order valence-electron chi connectivity index (χ0n) is 45.1. The van der Waals surface area contributed by atoms with E-state index in [1.165, 1.54) is 16.5 Å². The van der Waals surface area contributed by atoms with Gasteiger partial charge in [0.25, 0.3) is 11.8 Å². The predicted molar refractivity (Wildman–Crippen MR) is 291 cm³/mol. The number of rotatable bonds is 20. The monoisotopic (exact) mass is 1070 g/mol. The van der Waals surface area contributed by atoms with Gasteiger partial charge in [0, 0.05) is 43.3 Å². The van der Waals surface area contributed by atoms with Crippen molar-refractivity contribution in [1.82, 2.24) is 52.3 Å². The summed E-state index contributed by atoms with van der Waals surface area (Å²) in [7, 11) is 3.32. The normalized spacial score (nSPS) is 19.6. The Morgan fingerprint density at radius 1 is 0.662 bits per heavy atom. The summed E-state index contributed by atoms with van der Waals surface area (Å²) in [5.74, 6) is -2.94. The quantitative estimate of drug-likeness (QED) is 0.0884. The molecule has 5 rings (SSSR count). The Labute approximate surface area is 450 Å². The van der Waals surface area contributed by atoms with Gasteiger partial charge in [0.15, 0.2) is 0 Å². The summed E-state index contributed by atoms with van der Waals surface area (Å²) < 4.78 is 0. The van der Waals surface area contributed by atoms with E-state index >= 15 is 0 Å². The first-order valence-electron chi connectivity index (χ1n) is 26.0. The third kappa shape index (κ3) is 17.1. The molecular weight excluding hydrogens is 988 g/mol. The van der Waals surface area contributed by atoms with Crippen molar-refractivity contribution in [3.05, 3.63) is 70.8 Å². The van der Waals surface area contributed by atoms with E-state index < -0.39 is 76.8 Å². The van der Waals surface area contributed by atoms with Crippen molar-refractivity contribution in [2.45, 2.75) is 168 Å². The fourth-order valence-corrected chi connectivity index (χ4v) is 9.59. The number of hydrogen-bond acceptors (Lipinski definition) is 10. The number of piperidine rings is 1. The Morgan fingerprint density at radius 2 is 1.26 bits per heavy atom. The molecule has 8 N–H and O–H groups in total. The van der Waals surface area contributed by atoms with Crippen LogP contribution in [0.5, 0.6) is 0 Å². The maximum Gasteiger partial charge on any atom is 0.251 e. The van der Waals surface area contributed by atoms with Gasteiger partial charge in [-0.05, 0) is 132 Å². The molecule has 0 radical (unpaired) electrons. The van der Waals surface area contributed by atoms with Crippen LogP contribution in [-0.4, -0.2) is 140 Å². The number of halogens is 2. The average molecular weight is 1070 g/mol. The van der Waals surface area contributed by atoms with Crippen molar-refractivity contribution < 1.29 is 38.4 Å². The van der Waals surface area contributed by atoms with Gasteiger partial charge in [-0.2, -0.15) is 0 Å². The Hall–Kier alpha value is -5.30. The first-order valence-corrected chi connectivity index (χ1v) is 26.0. The SMILES string of the molecule is CN[C@@H](C)C(=O)NC(C(=O)N[C@@H](CCCCNC(=O)c1cccc(C(=O)N[C@H]2C[C@@H](C(=O)N[C@@H]3CCCc4ccccc43)N(C(=O)C(NC(=O)[C@H](C)NC)C(C)(C)C)C2)c1)C(=O)N1CCCCC1)C(C)(C)C.Cl.Cl. The van der Waals surface area contributed by atoms with Crippen LogP contribution < -0.4 is 42.5 Å². The number of aryl methyl sites for hydroxylation is 1. The van der Waals surface area contributed by atoms with Crippen LogP contribution in [0.15, 0.2) is 48.5 Å². The smallest absolute Gasteiger partial charge is 0.251 e. The van der Waals surface area contributed by atoms with Crippen molar-refractivity contribution in [2.24, 2.45) is 10.8 Å². The second kappa shape index (κ2) is 28.6. The number of unbranched alkanes of at least 4 members (excludes halogenated alkanes) is 1. The molecule has 20 heteroatoms. The topological polar surface area (TPSA) is 239 Å². The van der Waals surface area contributed by atoms with E-state index in [0.717, 1.165) is 44.1 Å². The summed E-state index contributed by atoms with van der Waals surface area (Å²) in [6, 6.07) is 8.74. The van der Waals surface area contributed by atoms with Crippen LogP contribution in [0.2, 0.25) is 0 Å². The van der Waals surface area contributed by atoms with E-state index in [4.69, 9.17) is 0 Å². The van der Waals surface area contributed by atoms with Crippen LogP contribution in [0.3, 0.4) is 0 Å². The number of amides is 8. The molecule has 2 aromatic rings. The highest BCUT2D eigenvalue weighted by atomic mass is 35.5. The van der Waals surface area contributed by atoms with Gasteiger partial charge in [-0.3, -0.25) is 38.4 Å². The molecule has 2 heterocycles. The van der Waals surface area contributed by atoms with Crippen molar-refractivity contribution in [3.63, 3.8) is 0 Å². The summed E-state index contributed by atoms with van der Waals surface area (Å²) in [5, 5.41) is 23.7. The third-order valence-corrected chi connectivity index (χ3v) is 14.2. The minimum absolute atomic E-state index is 0. The molecule has 1 aliphatic carbocycles. The van der Waals surface area contributed by atoms with Crippen molar-refractivity contribution in [1.29, 1.82) is 0 Å². The molecule has 0 aromatic heterocycles. The Kier molecular flexibility index (Phi) is 24.3. The minimum Gasteiger partial charge on any atom is -0.352 e. The molecule has 2 unspecified atom stereocenters. The molecule has 0 saturated carbocycles. The molecule has 2 saturated heterocycles. The first-order chi connectivity index (χ1) is 34.0. The summed E-state index contributed by atoms with van der Waals surface area (Å²) in [6.07, 6.45) is 6.82. The zero-order chi connectivity index (χ0) is 52.9. The van der Waals surface area contributed by atoms with Gasteiger partial charge in [0.2, 0.25) is 35.4 Å². The minimum atomic E-state index is -0.973. The molecule has 2 fully saturated rings. The molecule has 8 amide bonds. The van der Waals surface area contributed by atoms with E-state index in [9.17, 15) is 38.4 Å². The van der Waals surface area contributed by atoms with Gasteiger partial charge < -0.3 is 52.3 Å². The highest BCUT2D eigenvalue weighted by Gasteiger charge is 2.46. The number of likely N-dealkylation sites (tertiary alicyclic amines) is 2. The predicted octanol–water partition coefficient (Wildman–Crippen LogP) is 4.10. The number of likely N-dealkylation sites (N-methyl/N-ethyl adjacent to an activating group) is 2. The van der Waals surface area contributed by atoms with Gasteiger partial charge >= 0.3 is 0 Å². The lowest BCUT2D eigenvalue weighted by Crippen LogP contribution is -2.60. The van der Waals surface area contributed by atoms with Crippen LogP contribution in [0.1, 0.15) is 151 Å². The summed E-state index contributed by atoms with van der Waals surface area (Å²) in [6.45, 7) is 16.0. The van der Waals surface area contributed by atoms with E-state index in [1.807, 2.05) is 59.7 Å². The lowest BCUT2D eigenvalue weighted by atomic mass is 9.85. The Balaban J connectivity index is 0.00000722. The maximum atomic E-state index is 14.6. The largest absolute Gasteiger partial charge is 0.352 e. The number of hydrogen-bond donors (Lipinski definition) is 8. The molecule has 3 aliphatic rings. The van der Waals surface area contributed by atoms with Crippen LogP contribution in [0, 0.1) is 10.8 Å². The van der Waals surface area contributed by atoms with Gasteiger partial charge in [-0.1, -0.05) is 71.9 Å². The molecule has 0 bridgehead atoms. The third-order valence-electron chi connectivity index (χ3n) is 14.2. The number of nitrogens with zero attached hydrogens (tertiary/aromatic N) is 2. The van der Waals surface area contributed by atoms with Gasteiger partial charge in [0.05, 0.1) is 18.1 Å². The van der Waals surface area contributed by atoms with E-state index in [2.05, 4.69) is 48.6 Å². The zero-order valence-corrected chi connectivity index (χ0v) is 46.7. The first kappa shape index (κ1) is 63.0. The number of nitrogens with one attached hydrogen (secondary N) is 8. The molecular formula is C54H84Cl2N10O8. The fourth-order valence-electron chi connectivity index (χ4n) is 9.59. The molecule has 2 aromatic carbocycles. The summed E-state index contributed by atoms with van der Waals surface area (Å²) in [4.78, 5) is 113. The maximum absolute atomic E-state index is 14.6. The van der Waals surface area contributed by atoms with Crippen LogP contribution in [-0.2, 0) is 35.2 Å². The summed E-state index contributed by atoms with van der Waals surface area (Å²) >= 11 is 0. The second-order valence-electron chi connectivity index (χ2n) is 22.0. The standard InChI is InChI=1S/C54H82N10O8.2ClH/c1-33(55-9)45(65)61-43(53(3,4)5)50(70)60-41(51(71)63-28-16-11-17-29-63)25-14-15-27-57-47(67)36-22-18-23-37(30-36)48(68)58-38-31-42(49(69)59-40-26-19-21-35-20-12-13-24-39(35)40)64(32-38)52(72)44(54(6,7)8)62-46(66)34(2)56-10;;/h12-13,18,20,22-24,30,33-34,38,40-44,55-56H,11,14-17,19,21,25-29,31-32H2,1-10H3,(H,57,67)(H,58,68)(H,59,69)(H,60,70)(H,61,65)(H,62,66);2*1H/t33-,34-,38-,40+,41-,42-,43?,44?;;/m0../s1. The van der Waals surface area contributed by atoms with Crippen LogP contribution in [0.25, 0.3) is 0 Å². The fraction of sp³-hybridized carbons (Fsp3) is 0.630. The van der Waals surface area contributed by atoms with Crippen molar-refractivity contribution >= 4 is 72.1 Å². The molecule has 8 atom stereocenters. The van der Waals surface area contributed by atoms with Gasteiger partial charge in [-0.25, -0.2) is 0 Å². The molecule has 74 heavy (non-hydrogen) atoms. The average Bonchev–Trinajstić information content (AvgIpc) is 3.79. The highest BCUT2D eigenvalue weighted by Crippen LogP contribution is 2.32. The Morgan fingerprint density at radius 3 is 1.86 bits per heavy atom. The summed E-state index contributed by atoms with van der Waals surface area (Å²) in [5.41, 5.74) is 1.33. The van der Waals surface area contributed by atoms with Crippen molar-refractivity contribution in [2.75, 3.05) is 40.3 Å². The van der Waals surface area contributed by atoms with E-state index in [0.29, 0.717) is 32.4 Å². The molecule has 412 valence electrons. The lowest BCUT2D eigenvalue weighted by Gasteiger charge is -2.36. The number of carbonyl (C=O) groups excluding carboxylic acids is 8. The van der Waals surface area contributed by atoms with Gasteiger partial charge in [-0.15, -0.1) is 24.8 Å². The van der Waals surface area contributed by atoms with Crippen LogP contribution >= 0.6 is 24.8 Å². The number of carbonyl (C=O) groups is 8. The Bertz CT molecular complexity index is 2260. The molecule has 0 spiro atoms. The van der Waals surface area contributed by atoms with Crippen LogP contribution in [0.4, 0.5) is 0 Å². The highest BCUT2D eigenvalue weighted by molar-refractivity contribution is 6.00. The van der Waals surface area contributed by atoms with Gasteiger partial charge in [0.1, 0.15) is 24.2 Å². The van der Waals surface area contributed by atoms with E-state index in [-0.39, 0.29) is 85.1 Å². The second-order valence-corrected chi connectivity index (χ2v) is 22.0. The molecule has 2 aliphatic heterocycles. The number of fused-ring (bicyclic) bond motifs is 1.